The average molecular weight is 810 g/mol. The van der Waals surface area contributed by atoms with Crippen LogP contribution in [0.3, 0.4) is 0 Å². The highest BCUT2D eigenvalue weighted by Gasteiger charge is 2.48. The van der Waals surface area contributed by atoms with Gasteiger partial charge in [0.15, 0.2) is 6.29 Å². The summed E-state index contributed by atoms with van der Waals surface area (Å²) in [6, 6.07) is -1.67. The molecular formula is C40H79N3O13. The molecule has 0 aromatic heterocycles. The summed E-state index contributed by atoms with van der Waals surface area (Å²) in [6.07, 6.45) is 0.625. The Morgan fingerprint density at radius 2 is 1.45 bits per heavy atom. The molecule has 2 fully saturated rings. The summed E-state index contributed by atoms with van der Waals surface area (Å²) in [6.45, 7) is 17.7. The van der Waals surface area contributed by atoms with E-state index in [1.165, 1.54) is 20.8 Å². The van der Waals surface area contributed by atoms with Gasteiger partial charge in [-0.2, -0.15) is 0 Å². The summed E-state index contributed by atoms with van der Waals surface area (Å²) in [4.78, 5) is 34.6. The molecule has 2 rings (SSSR count). The fraction of sp³-hybridized carbons (Fsp3) is 0.925. The fourth-order valence-corrected chi connectivity index (χ4v) is 7.62. The van der Waals surface area contributed by atoms with Crippen LogP contribution in [0.4, 0.5) is 0 Å². The van der Waals surface area contributed by atoms with Crippen molar-refractivity contribution in [2.24, 2.45) is 35.5 Å². The van der Waals surface area contributed by atoms with Gasteiger partial charge in [0, 0.05) is 59.0 Å². The van der Waals surface area contributed by atoms with E-state index in [9.17, 15) is 50.1 Å². The first-order valence-electron chi connectivity index (χ1n) is 20.4. The maximum absolute atomic E-state index is 11.9. The smallest absolute Gasteiger partial charge is 0.217 e. The maximum atomic E-state index is 11.9. The van der Waals surface area contributed by atoms with Crippen LogP contribution in [-0.2, 0) is 23.9 Å². The van der Waals surface area contributed by atoms with E-state index in [-0.39, 0.29) is 74.4 Å². The summed E-state index contributed by atoms with van der Waals surface area (Å²) in [5.41, 5.74) is -0.699. The number of carbonyl (C=O) groups excluding carboxylic acids is 3. The molecule has 0 bridgehead atoms. The summed E-state index contributed by atoms with van der Waals surface area (Å²) in [5.74, 6) is -1.14. The predicted molar refractivity (Wildman–Crippen MR) is 212 cm³/mol. The molecule has 16 heteroatoms. The minimum absolute atomic E-state index is 0.0184. The van der Waals surface area contributed by atoms with Crippen LogP contribution in [0.25, 0.3) is 0 Å². The molecule has 1 saturated carbocycles. The van der Waals surface area contributed by atoms with E-state index in [4.69, 9.17) is 14.6 Å². The summed E-state index contributed by atoms with van der Waals surface area (Å²) in [5, 5.41) is 85.5. The van der Waals surface area contributed by atoms with Gasteiger partial charge in [-0.15, -0.1) is 0 Å². The predicted octanol–water partition coefficient (Wildman–Crippen LogP) is 0.579. The van der Waals surface area contributed by atoms with Crippen molar-refractivity contribution in [3.8, 4) is 0 Å². The first kappa shape index (κ1) is 54.0. The zero-order chi connectivity index (χ0) is 43.3. The van der Waals surface area contributed by atoms with Crippen molar-refractivity contribution < 1.29 is 64.7 Å². The molecule has 0 spiro atoms. The van der Waals surface area contributed by atoms with Gasteiger partial charge < -0.3 is 66.3 Å². The number of nitrogens with one attached hydrogen (secondary N) is 3. The minimum atomic E-state index is -0.970. The Labute approximate surface area is 335 Å². The maximum Gasteiger partial charge on any atom is 0.217 e. The number of epoxide rings is 1. The molecule has 3 amide bonds. The highest BCUT2D eigenvalue weighted by Crippen LogP contribution is 2.33. The third-order valence-corrected chi connectivity index (χ3v) is 10.3. The first-order chi connectivity index (χ1) is 26.1. The monoisotopic (exact) mass is 810 g/mol. The average Bonchev–Trinajstić information content (AvgIpc) is 3.83. The van der Waals surface area contributed by atoms with Crippen molar-refractivity contribution in [3.63, 3.8) is 0 Å². The van der Waals surface area contributed by atoms with E-state index in [0.29, 0.717) is 38.0 Å². The molecule has 0 radical (unpaired) electrons. The van der Waals surface area contributed by atoms with E-state index in [1.807, 2.05) is 27.7 Å². The molecule has 13 unspecified atom stereocenters. The van der Waals surface area contributed by atoms with Crippen LogP contribution in [0, 0.1) is 35.5 Å². The topological polar surface area (TPSA) is 271 Å². The number of aliphatic hydroxyl groups excluding tert-OH is 8. The first-order valence-corrected chi connectivity index (χ1v) is 20.4. The molecule has 16 nitrogen and oxygen atoms in total. The van der Waals surface area contributed by atoms with Gasteiger partial charge in [0.1, 0.15) is 6.10 Å². The van der Waals surface area contributed by atoms with E-state index >= 15 is 0 Å². The Bertz CT molecular complexity index is 1100. The molecule has 2 aliphatic rings. The highest BCUT2D eigenvalue weighted by molar-refractivity contribution is 5.74. The normalized spacial score (nSPS) is 25.8. The van der Waals surface area contributed by atoms with Crippen molar-refractivity contribution in [1.29, 1.82) is 0 Å². The molecule has 56 heavy (non-hydrogen) atoms. The van der Waals surface area contributed by atoms with Crippen molar-refractivity contribution in [1.82, 2.24) is 16.0 Å². The second-order valence-corrected chi connectivity index (χ2v) is 16.8. The van der Waals surface area contributed by atoms with Crippen LogP contribution in [0.2, 0.25) is 0 Å². The molecule has 13 atom stereocenters. The molecule has 1 aliphatic heterocycles. The van der Waals surface area contributed by atoms with Crippen LogP contribution in [0.15, 0.2) is 0 Å². The molecule has 1 aliphatic carbocycles. The third-order valence-electron chi connectivity index (χ3n) is 10.3. The quantitative estimate of drug-likeness (QED) is 0.0670. The second-order valence-electron chi connectivity index (χ2n) is 16.8. The van der Waals surface area contributed by atoms with Crippen LogP contribution in [-0.4, -0.2) is 146 Å². The Kier molecular flexibility index (Phi) is 26.7. The molecule has 11 N–H and O–H groups in total. The fourth-order valence-electron chi connectivity index (χ4n) is 7.62. The lowest BCUT2D eigenvalue weighted by Gasteiger charge is -2.39. The molecule has 0 aromatic carbocycles. The standard InChI is InChI=1S/C26H50N2O9.C12H23NO3.C2H6O/c1-15(12-30)10-20(13-31)21(27-17(3)32)23(34)16(2)11-26(5,6)36-14-19(8-7-9-29)22(28-18(4)33)24-25(35)37-24;1-7(2)6-9-4-5-10(15)11(12(9)16)13-8(3)14;1-2-3/h15-16,19-25,29-31,34-35H,7-14H2,1-6H3,(H,27,32)(H,28,33);7,9-12,15-16H,4-6H2,1-3H3,(H,13,14);3H,2H2,1H3. The number of amides is 3. The molecule has 332 valence electrons. The molecule has 0 aromatic rings. The molecular weight excluding hydrogens is 730 g/mol. The van der Waals surface area contributed by atoms with Gasteiger partial charge >= 0.3 is 0 Å². The number of hydrogen-bond donors (Lipinski definition) is 11. The number of carbonyl (C=O) groups is 3. The largest absolute Gasteiger partial charge is 0.397 e. The van der Waals surface area contributed by atoms with Crippen molar-refractivity contribution >= 4 is 17.7 Å². The number of ether oxygens (including phenoxy) is 2. The van der Waals surface area contributed by atoms with E-state index in [0.717, 1.165) is 12.8 Å². The SMILES string of the molecule is CC(=O)NC(C(CO)CC(C)CO)C(O)C(C)CC(C)(C)OCC(CCCO)C(NC(C)=O)C1OC1O.CC(=O)NC1C(O)CCC(CC(C)C)C1O.CCO. The van der Waals surface area contributed by atoms with Gasteiger partial charge in [0.05, 0.1) is 48.6 Å². The van der Waals surface area contributed by atoms with Gasteiger partial charge in [-0.1, -0.05) is 27.7 Å². The lowest BCUT2D eigenvalue weighted by Crippen LogP contribution is -2.55. The Morgan fingerprint density at radius 3 is 1.89 bits per heavy atom. The van der Waals surface area contributed by atoms with Crippen molar-refractivity contribution in [2.45, 2.75) is 169 Å². The van der Waals surface area contributed by atoms with E-state index < -0.39 is 60.4 Å². The van der Waals surface area contributed by atoms with Crippen LogP contribution in [0.1, 0.15) is 114 Å². The molecule has 1 heterocycles. The summed E-state index contributed by atoms with van der Waals surface area (Å²) < 4.78 is 11.5. The van der Waals surface area contributed by atoms with Crippen molar-refractivity contribution in [2.75, 3.05) is 33.0 Å². The van der Waals surface area contributed by atoms with Gasteiger partial charge in [0.2, 0.25) is 17.7 Å². The van der Waals surface area contributed by atoms with Crippen LogP contribution >= 0.6 is 0 Å². The number of rotatable bonds is 22. The minimum Gasteiger partial charge on any atom is -0.397 e. The second kappa shape index (κ2) is 27.7. The van der Waals surface area contributed by atoms with Crippen molar-refractivity contribution in [3.05, 3.63) is 0 Å². The third kappa shape index (κ3) is 21.1. The Balaban J connectivity index is 0.00000131. The zero-order valence-electron chi connectivity index (χ0n) is 35.7. The van der Waals surface area contributed by atoms with E-state index in [2.05, 4.69) is 29.8 Å². The van der Waals surface area contributed by atoms with Gasteiger partial charge in [0.25, 0.3) is 0 Å². The van der Waals surface area contributed by atoms with Gasteiger partial charge in [-0.05, 0) is 89.4 Å². The van der Waals surface area contributed by atoms with Crippen LogP contribution < -0.4 is 16.0 Å². The van der Waals surface area contributed by atoms with Gasteiger partial charge in [-0.3, -0.25) is 14.4 Å². The van der Waals surface area contributed by atoms with Crippen LogP contribution in [0.5, 0.6) is 0 Å². The lowest BCUT2D eigenvalue weighted by atomic mass is 9.77. The Morgan fingerprint density at radius 1 is 0.875 bits per heavy atom. The number of aliphatic hydroxyl groups is 8. The summed E-state index contributed by atoms with van der Waals surface area (Å²) in [7, 11) is 0. The molecule has 1 saturated heterocycles. The number of hydrogen-bond acceptors (Lipinski definition) is 13. The lowest BCUT2D eigenvalue weighted by molar-refractivity contribution is -0.124. The van der Waals surface area contributed by atoms with E-state index in [1.54, 1.807) is 6.92 Å². The summed E-state index contributed by atoms with van der Waals surface area (Å²) >= 11 is 0. The zero-order valence-corrected chi connectivity index (χ0v) is 35.7. The Hall–Kier alpha value is -1.99. The van der Waals surface area contributed by atoms with Gasteiger partial charge in [-0.25, -0.2) is 0 Å². The highest BCUT2D eigenvalue weighted by atomic mass is 16.7.